The Hall–Kier alpha value is -1.14. The molecule has 6 heteroatoms. The fourth-order valence-corrected chi connectivity index (χ4v) is 1.71. The van der Waals surface area contributed by atoms with Crippen LogP contribution in [0.5, 0.6) is 0 Å². The van der Waals surface area contributed by atoms with Crippen LogP contribution >= 0.6 is 0 Å². The number of nitrogens with one attached hydrogen (secondary N) is 1. The van der Waals surface area contributed by atoms with Crippen molar-refractivity contribution < 1.29 is 14.7 Å². The fourth-order valence-electron chi connectivity index (χ4n) is 1.71. The summed E-state index contributed by atoms with van der Waals surface area (Å²) >= 11 is 0. The lowest BCUT2D eigenvalue weighted by atomic mass is 10.2. The number of amides is 1. The van der Waals surface area contributed by atoms with Gasteiger partial charge in [-0.15, -0.1) is 0 Å². The van der Waals surface area contributed by atoms with Gasteiger partial charge >= 0.3 is 0 Å². The first kappa shape index (κ1) is 12.9. The number of aliphatic carboxylic acids is 1. The summed E-state index contributed by atoms with van der Waals surface area (Å²) < 4.78 is 0. The average molecular weight is 228 g/mol. The predicted molar refractivity (Wildman–Crippen MR) is 56.5 cm³/mol. The zero-order chi connectivity index (χ0) is 12.1. The molecule has 0 aromatic heterocycles. The van der Waals surface area contributed by atoms with E-state index in [-0.39, 0.29) is 5.91 Å². The molecule has 0 spiro atoms. The van der Waals surface area contributed by atoms with E-state index < -0.39 is 12.0 Å². The highest BCUT2D eigenvalue weighted by Gasteiger charge is 2.19. The zero-order valence-corrected chi connectivity index (χ0v) is 9.73. The standard InChI is InChI=1S/C10H19N3O3/c1-8(14)11-9(10(15)16)7-13-5-3-12(2)4-6-13/h9H,3-7H2,1-2H3,(H,11,14)(H,15,16)/p-1. The number of nitrogens with zero attached hydrogens (tertiary/aromatic N) is 2. The van der Waals surface area contributed by atoms with Gasteiger partial charge in [0, 0.05) is 39.6 Å². The highest BCUT2D eigenvalue weighted by Crippen LogP contribution is 2.00. The van der Waals surface area contributed by atoms with Crippen molar-refractivity contribution in [3.63, 3.8) is 0 Å². The Bertz CT molecular complexity index is 262. The van der Waals surface area contributed by atoms with Crippen LogP contribution in [0.4, 0.5) is 0 Å². The molecule has 1 rings (SSSR count). The number of likely N-dealkylation sites (N-methyl/N-ethyl adjacent to an activating group) is 1. The van der Waals surface area contributed by atoms with Crippen LogP contribution in [-0.2, 0) is 9.59 Å². The second-order valence-electron chi connectivity index (χ2n) is 4.18. The Kier molecular flexibility index (Phi) is 4.70. The van der Waals surface area contributed by atoms with Crippen molar-refractivity contribution in [2.75, 3.05) is 39.8 Å². The molecule has 0 radical (unpaired) electrons. The number of carbonyl (C=O) groups excluding carboxylic acids is 2. The summed E-state index contributed by atoms with van der Waals surface area (Å²) in [6.45, 7) is 5.09. The Morgan fingerprint density at radius 1 is 1.31 bits per heavy atom. The van der Waals surface area contributed by atoms with Gasteiger partial charge in [0.2, 0.25) is 5.91 Å². The average Bonchev–Trinajstić information content (AvgIpc) is 2.19. The number of carboxylic acids is 1. The molecule has 1 aliphatic heterocycles. The van der Waals surface area contributed by atoms with Crippen molar-refractivity contribution in [3.8, 4) is 0 Å². The first-order valence-electron chi connectivity index (χ1n) is 5.38. The van der Waals surface area contributed by atoms with E-state index in [4.69, 9.17) is 0 Å². The molecular formula is C10H18N3O3-. The van der Waals surface area contributed by atoms with Gasteiger partial charge < -0.3 is 20.1 Å². The molecule has 1 saturated heterocycles. The molecule has 0 saturated carbocycles. The van der Waals surface area contributed by atoms with Gasteiger partial charge in [0.15, 0.2) is 0 Å². The van der Waals surface area contributed by atoms with Gasteiger partial charge in [-0.2, -0.15) is 0 Å². The predicted octanol–water partition coefficient (Wildman–Crippen LogP) is -2.51. The van der Waals surface area contributed by atoms with Gasteiger partial charge in [0.1, 0.15) is 0 Å². The third-order valence-electron chi connectivity index (χ3n) is 2.70. The van der Waals surface area contributed by atoms with E-state index in [1.807, 2.05) is 11.9 Å². The Labute approximate surface area is 95.2 Å². The number of carbonyl (C=O) groups is 2. The number of carboxylic acid groups (broad SMARTS) is 1. The van der Waals surface area contributed by atoms with E-state index in [2.05, 4.69) is 10.2 Å². The molecule has 0 aliphatic carbocycles. The summed E-state index contributed by atoms with van der Waals surface area (Å²) in [5.74, 6) is -1.57. The van der Waals surface area contributed by atoms with E-state index in [1.54, 1.807) is 0 Å². The minimum absolute atomic E-state index is 0.315. The molecule has 92 valence electrons. The maximum atomic E-state index is 10.8. The van der Waals surface area contributed by atoms with Crippen LogP contribution in [0, 0.1) is 0 Å². The molecule has 6 nitrogen and oxygen atoms in total. The smallest absolute Gasteiger partial charge is 0.217 e. The van der Waals surface area contributed by atoms with Crippen LogP contribution in [0.25, 0.3) is 0 Å². The van der Waals surface area contributed by atoms with Gasteiger partial charge in [0.05, 0.1) is 12.0 Å². The second-order valence-corrected chi connectivity index (χ2v) is 4.18. The summed E-state index contributed by atoms with van der Waals surface area (Å²) in [4.78, 5) is 25.8. The van der Waals surface area contributed by atoms with Crippen LogP contribution in [0.15, 0.2) is 0 Å². The van der Waals surface area contributed by atoms with E-state index >= 15 is 0 Å². The van der Waals surface area contributed by atoms with Crippen molar-refractivity contribution in [2.24, 2.45) is 0 Å². The maximum absolute atomic E-state index is 10.8. The Morgan fingerprint density at radius 2 is 1.88 bits per heavy atom. The van der Waals surface area contributed by atoms with E-state index in [0.717, 1.165) is 26.2 Å². The molecule has 0 aromatic carbocycles. The van der Waals surface area contributed by atoms with Gasteiger partial charge in [-0.1, -0.05) is 0 Å². The minimum Gasteiger partial charge on any atom is -0.548 e. The summed E-state index contributed by atoms with van der Waals surface area (Å²) in [5.41, 5.74) is 0. The molecule has 1 N–H and O–H groups in total. The van der Waals surface area contributed by atoms with Crippen molar-refractivity contribution in [1.29, 1.82) is 0 Å². The SMILES string of the molecule is CC(=O)NC(CN1CCN(C)CC1)C(=O)[O-]. The molecule has 1 aliphatic rings. The highest BCUT2D eigenvalue weighted by atomic mass is 16.4. The largest absolute Gasteiger partial charge is 0.548 e. The highest BCUT2D eigenvalue weighted by molar-refractivity contribution is 5.81. The van der Waals surface area contributed by atoms with E-state index in [1.165, 1.54) is 6.92 Å². The summed E-state index contributed by atoms with van der Waals surface area (Å²) in [7, 11) is 2.03. The van der Waals surface area contributed by atoms with Crippen LogP contribution in [0.2, 0.25) is 0 Å². The van der Waals surface area contributed by atoms with Crippen molar-refractivity contribution in [1.82, 2.24) is 15.1 Å². The number of hydrogen-bond donors (Lipinski definition) is 1. The molecule has 0 aromatic rings. The van der Waals surface area contributed by atoms with Crippen molar-refractivity contribution >= 4 is 11.9 Å². The number of hydrogen-bond acceptors (Lipinski definition) is 5. The number of piperazine rings is 1. The molecule has 1 heterocycles. The minimum atomic E-state index is -1.23. The molecule has 1 unspecified atom stereocenters. The summed E-state index contributed by atoms with van der Waals surface area (Å²) in [6.07, 6.45) is 0. The van der Waals surface area contributed by atoms with Gasteiger partial charge in [-0.3, -0.25) is 9.69 Å². The summed E-state index contributed by atoms with van der Waals surface area (Å²) in [5, 5.41) is 13.2. The van der Waals surface area contributed by atoms with Crippen LogP contribution in [0.3, 0.4) is 0 Å². The van der Waals surface area contributed by atoms with Gasteiger partial charge in [0.25, 0.3) is 0 Å². The molecular weight excluding hydrogens is 210 g/mol. The fraction of sp³-hybridized carbons (Fsp3) is 0.800. The summed E-state index contributed by atoms with van der Waals surface area (Å²) in [6, 6.07) is -0.916. The normalized spacial score (nSPS) is 20.4. The Morgan fingerprint density at radius 3 is 2.31 bits per heavy atom. The van der Waals surface area contributed by atoms with Gasteiger partial charge in [-0.25, -0.2) is 0 Å². The number of rotatable bonds is 4. The lowest BCUT2D eigenvalue weighted by Crippen LogP contribution is -2.56. The zero-order valence-electron chi connectivity index (χ0n) is 9.73. The van der Waals surface area contributed by atoms with E-state index in [0.29, 0.717) is 6.54 Å². The molecule has 1 fully saturated rings. The van der Waals surface area contributed by atoms with Crippen molar-refractivity contribution in [3.05, 3.63) is 0 Å². The molecule has 0 bridgehead atoms. The van der Waals surface area contributed by atoms with Crippen molar-refractivity contribution in [2.45, 2.75) is 13.0 Å². The molecule has 1 atom stereocenters. The molecule has 16 heavy (non-hydrogen) atoms. The second kappa shape index (κ2) is 5.81. The molecule has 1 amide bonds. The maximum Gasteiger partial charge on any atom is 0.217 e. The first-order chi connectivity index (χ1) is 7.49. The van der Waals surface area contributed by atoms with Gasteiger partial charge in [-0.05, 0) is 7.05 Å². The third kappa shape index (κ3) is 4.16. The first-order valence-corrected chi connectivity index (χ1v) is 5.38. The van der Waals surface area contributed by atoms with E-state index in [9.17, 15) is 14.7 Å². The Balaban J connectivity index is 2.42. The van der Waals surface area contributed by atoms with Crippen LogP contribution in [-0.4, -0.2) is 67.5 Å². The van der Waals surface area contributed by atoms with Crippen LogP contribution in [0.1, 0.15) is 6.92 Å². The monoisotopic (exact) mass is 228 g/mol. The lowest BCUT2D eigenvalue weighted by molar-refractivity contribution is -0.308. The lowest BCUT2D eigenvalue weighted by Gasteiger charge is -2.34. The van der Waals surface area contributed by atoms with Crippen LogP contribution < -0.4 is 10.4 Å². The quantitative estimate of drug-likeness (QED) is 0.575. The topological polar surface area (TPSA) is 75.7 Å². The third-order valence-corrected chi connectivity index (χ3v) is 2.70.